The maximum absolute atomic E-state index is 6.33. The zero-order valence-corrected chi connectivity index (χ0v) is 14.0. The summed E-state index contributed by atoms with van der Waals surface area (Å²) >= 11 is 12.5. The molecule has 0 bridgehead atoms. The molecule has 0 radical (unpaired) electrons. The Kier molecular flexibility index (Phi) is 4.67. The number of anilines is 2. The summed E-state index contributed by atoms with van der Waals surface area (Å²) in [4.78, 5) is 9.20. The Morgan fingerprint density at radius 3 is 2.60 bits per heavy atom. The normalized spacial score (nSPS) is 19.2. The van der Waals surface area contributed by atoms with Crippen LogP contribution in [-0.4, -0.2) is 48.6 Å². The minimum absolute atomic E-state index is 0.0985. The summed E-state index contributed by atoms with van der Waals surface area (Å²) in [6.07, 6.45) is 0. The van der Waals surface area contributed by atoms with E-state index in [0.29, 0.717) is 15.9 Å². The predicted octanol–water partition coefficient (Wildman–Crippen LogP) is 3.35. The van der Waals surface area contributed by atoms with Gasteiger partial charge in [-0.15, -0.1) is 0 Å². The number of nitrogens with one attached hydrogen (secondary N) is 1. The van der Waals surface area contributed by atoms with Gasteiger partial charge in [-0.2, -0.15) is 0 Å². The van der Waals surface area contributed by atoms with E-state index in [9.17, 15) is 0 Å². The lowest BCUT2D eigenvalue weighted by atomic mass is 10.00. The van der Waals surface area contributed by atoms with Gasteiger partial charge in [0.05, 0.1) is 10.0 Å². The van der Waals surface area contributed by atoms with E-state index in [1.165, 1.54) is 0 Å². The van der Waals surface area contributed by atoms with Gasteiger partial charge in [0, 0.05) is 31.7 Å². The Balaban J connectivity index is 2.30. The lowest BCUT2D eigenvalue weighted by molar-refractivity contribution is 0.138. The van der Waals surface area contributed by atoms with Crippen molar-refractivity contribution in [1.29, 1.82) is 0 Å². The van der Waals surface area contributed by atoms with Gasteiger partial charge in [-0.3, -0.25) is 4.90 Å². The molecule has 1 aliphatic heterocycles. The quantitative estimate of drug-likeness (QED) is 0.926. The van der Waals surface area contributed by atoms with Crippen molar-refractivity contribution in [2.24, 2.45) is 0 Å². The third-order valence-corrected chi connectivity index (χ3v) is 4.44. The van der Waals surface area contributed by atoms with Crippen molar-refractivity contribution < 1.29 is 0 Å². The molecule has 1 aliphatic rings. The molecule has 1 fully saturated rings. The molecular weight excluding hydrogens is 295 g/mol. The summed E-state index contributed by atoms with van der Waals surface area (Å²) in [7, 11) is 2.15. The van der Waals surface area contributed by atoms with Crippen LogP contribution in [-0.2, 0) is 0 Å². The van der Waals surface area contributed by atoms with Crippen LogP contribution in [0.5, 0.6) is 0 Å². The second-order valence-electron chi connectivity index (χ2n) is 5.81. The minimum atomic E-state index is 0.0985. The third-order valence-electron chi connectivity index (χ3n) is 3.87. The Morgan fingerprint density at radius 1 is 1.30 bits per heavy atom. The summed E-state index contributed by atoms with van der Waals surface area (Å²) in [5.74, 6) is 1.51. The van der Waals surface area contributed by atoms with E-state index >= 15 is 0 Å². The van der Waals surface area contributed by atoms with Crippen molar-refractivity contribution in [3.63, 3.8) is 0 Å². The van der Waals surface area contributed by atoms with Crippen LogP contribution in [0.2, 0.25) is 10.0 Å². The van der Waals surface area contributed by atoms with Crippen LogP contribution in [0.3, 0.4) is 0 Å². The van der Waals surface area contributed by atoms with Crippen molar-refractivity contribution in [3.8, 4) is 0 Å². The number of hydrogen-bond donors (Lipinski definition) is 1. The third kappa shape index (κ3) is 3.13. The van der Waals surface area contributed by atoms with Gasteiger partial charge in [0.25, 0.3) is 0 Å². The lowest BCUT2D eigenvalue weighted by Gasteiger charge is -2.46. The highest BCUT2D eigenvalue weighted by atomic mass is 35.5. The van der Waals surface area contributed by atoms with Gasteiger partial charge in [0.2, 0.25) is 0 Å². The number of hydrogen-bond acceptors (Lipinski definition) is 4. The van der Waals surface area contributed by atoms with E-state index < -0.39 is 0 Å². The van der Waals surface area contributed by atoms with Crippen LogP contribution in [0.15, 0.2) is 6.07 Å². The molecule has 0 amide bonds. The largest absolute Gasteiger partial charge is 0.369 e. The Hall–Kier alpha value is -0.710. The van der Waals surface area contributed by atoms with Crippen molar-refractivity contribution in [2.75, 3.05) is 43.4 Å². The van der Waals surface area contributed by atoms with Gasteiger partial charge in [0.15, 0.2) is 0 Å². The maximum Gasteiger partial charge on any atom is 0.150 e. The number of nitrogens with zero attached hydrogens (tertiary/aromatic N) is 3. The van der Waals surface area contributed by atoms with Crippen molar-refractivity contribution in [3.05, 3.63) is 16.1 Å². The van der Waals surface area contributed by atoms with Crippen LogP contribution in [0.25, 0.3) is 0 Å². The molecule has 1 N–H and O–H groups in total. The lowest BCUT2D eigenvalue weighted by Crippen LogP contribution is -2.58. The highest BCUT2D eigenvalue weighted by molar-refractivity contribution is 6.37. The SMILES string of the molecule is CCNc1nc(N2CCN(C)C(C)(C)C2)c(Cl)cc1Cl. The number of rotatable bonds is 3. The molecule has 112 valence electrons. The first kappa shape index (κ1) is 15.7. The van der Waals surface area contributed by atoms with Crippen molar-refractivity contribution in [2.45, 2.75) is 26.3 Å². The highest BCUT2D eigenvalue weighted by Crippen LogP contribution is 2.33. The topological polar surface area (TPSA) is 31.4 Å². The number of piperazine rings is 1. The molecule has 0 unspecified atom stereocenters. The standard InChI is InChI=1S/C14H22Cl2N4/c1-5-17-12-10(15)8-11(16)13(18-12)20-7-6-19(4)14(2,3)9-20/h8H,5-7,9H2,1-4H3,(H,17,18). The van der Waals surface area contributed by atoms with Gasteiger partial charge < -0.3 is 10.2 Å². The Labute approximate surface area is 131 Å². The molecule has 2 rings (SSSR count). The molecule has 6 heteroatoms. The summed E-state index contributed by atoms with van der Waals surface area (Å²) in [6.45, 7) is 10.1. The Bertz CT molecular complexity index is 490. The molecule has 0 atom stereocenters. The molecule has 2 heterocycles. The summed E-state index contributed by atoms with van der Waals surface area (Å²) in [6, 6.07) is 1.77. The van der Waals surface area contributed by atoms with Gasteiger partial charge in [0.1, 0.15) is 11.6 Å². The van der Waals surface area contributed by atoms with Crippen LogP contribution < -0.4 is 10.2 Å². The van der Waals surface area contributed by atoms with Crippen molar-refractivity contribution in [1.82, 2.24) is 9.88 Å². The zero-order valence-electron chi connectivity index (χ0n) is 12.5. The molecule has 0 saturated carbocycles. The zero-order chi connectivity index (χ0) is 14.9. The molecule has 0 spiro atoms. The number of aromatic nitrogens is 1. The van der Waals surface area contributed by atoms with Gasteiger partial charge in [-0.1, -0.05) is 23.2 Å². The predicted molar refractivity (Wildman–Crippen MR) is 87.3 cm³/mol. The van der Waals surface area contributed by atoms with E-state index in [1.54, 1.807) is 6.07 Å². The van der Waals surface area contributed by atoms with E-state index in [1.807, 2.05) is 6.92 Å². The minimum Gasteiger partial charge on any atom is -0.369 e. The summed E-state index contributed by atoms with van der Waals surface area (Å²) < 4.78 is 0. The van der Waals surface area contributed by atoms with Gasteiger partial charge in [-0.05, 0) is 33.9 Å². The number of halogens is 2. The Morgan fingerprint density at radius 2 is 2.00 bits per heavy atom. The first-order valence-corrected chi connectivity index (χ1v) is 7.67. The molecule has 0 aromatic carbocycles. The fourth-order valence-corrected chi connectivity index (χ4v) is 2.94. The second-order valence-corrected chi connectivity index (χ2v) is 6.62. The molecule has 1 aromatic rings. The van der Waals surface area contributed by atoms with Crippen LogP contribution in [0.4, 0.5) is 11.6 Å². The van der Waals surface area contributed by atoms with E-state index in [4.69, 9.17) is 23.2 Å². The van der Waals surface area contributed by atoms with E-state index in [2.05, 4.69) is 41.0 Å². The molecule has 0 aliphatic carbocycles. The van der Waals surface area contributed by atoms with Crippen LogP contribution in [0, 0.1) is 0 Å². The smallest absolute Gasteiger partial charge is 0.150 e. The summed E-state index contributed by atoms with van der Waals surface area (Å²) in [5, 5.41) is 4.35. The first-order chi connectivity index (χ1) is 9.35. The van der Waals surface area contributed by atoms with Gasteiger partial charge in [-0.25, -0.2) is 4.98 Å². The number of pyridine rings is 1. The molecule has 1 aromatic heterocycles. The van der Waals surface area contributed by atoms with Crippen LogP contribution in [0.1, 0.15) is 20.8 Å². The second kappa shape index (κ2) is 5.96. The van der Waals surface area contributed by atoms with E-state index in [-0.39, 0.29) is 5.54 Å². The monoisotopic (exact) mass is 316 g/mol. The molecular formula is C14H22Cl2N4. The molecule has 4 nitrogen and oxygen atoms in total. The van der Waals surface area contributed by atoms with Crippen LogP contribution >= 0.6 is 23.2 Å². The average Bonchev–Trinajstić information content (AvgIpc) is 2.36. The van der Waals surface area contributed by atoms with Crippen molar-refractivity contribution >= 4 is 34.8 Å². The number of likely N-dealkylation sites (N-methyl/N-ethyl adjacent to an activating group) is 1. The average molecular weight is 317 g/mol. The molecule has 20 heavy (non-hydrogen) atoms. The highest BCUT2D eigenvalue weighted by Gasteiger charge is 2.32. The summed E-state index contributed by atoms with van der Waals surface area (Å²) in [5.41, 5.74) is 0.0985. The first-order valence-electron chi connectivity index (χ1n) is 6.91. The van der Waals surface area contributed by atoms with E-state index in [0.717, 1.165) is 32.0 Å². The maximum atomic E-state index is 6.33. The van der Waals surface area contributed by atoms with Gasteiger partial charge >= 0.3 is 0 Å². The fourth-order valence-electron chi connectivity index (χ4n) is 2.39. The fraction of sp³-hybridized carbons (Fsp3) is 0.643. The molecule has 1 saturated heterocycles.